The van der Waals surface area contributed by atoms with Crippen LogP contribution < -0.4 is 5.73 Å². The molecule has 0 atom stereocenters. The highest BCUT2D eigenvalue weighted by molar-refractivity contribution is 5.81. The average molecular weight is 256 g/mol. The number of hydrogen-bond donors (Lipinski definition) is 1. The van der Waals surface area contributed by atoms with E-state index < -0.39 is 0 Å². The maximum Gasteiger partial charge on any atom is 0.201 e. The molecule has 0 aliphatic carbocycles. The van der Waals surface area contributed by atoms with Crippen molar-refractivity contribution in [1.82, 2.24) is 24.5 Å². The Morgan fingerprint density at radius 1 is 1.26 bits per heavy atom. The number of rotatable bonds is 4. The van der Waals surface area contributed by atoms with E-state index in [1.165, 1.54) is 0 Å². The minimum absolute atomic E-state index is 0.572. The molecule has 2 N–H and O–H groups in total. The number of aryl methyl sites for hydroxylation is 3. The van der Waals surface area contributed by atoms with Gasteiger partial charge < -0.3 is 10.3 Å². The van der Waals surface area contributed by atoms with E-state index in [4.69, 9.17) is 5.73 Å². The predicted octanol–water partition coefficient (Wildman–Crippen LogP) is 1.61. The van der Waals surface area contributed by atoms with Gasteiger partial charge in [0.25, 0.3) is 0 Å². The van der Waals surface area contributed by atoms with E-state index in [0.29, 0.717) is 5.95 Å². The summed E-state index contributed by atoms with van der Waals surface area (Å²) >= 11 is 0. The van der Waals surface area contributed by atoms with Crippen molar-refractivity contribution in [3.8, 4) is 0 Å². The minimum atomic E-state index is 0.572. The van der Waals surface area contributed by atoms with Crippen LogP contribution in [0.1, 0.15) is 12.0 Å². The Hall–Kier alpha value is -2.37. The number of benzene rings is 1. The first kappa shape index (κ1) is 11.7. The highest BCUT2D eigenvalue weighted by Gasteiger charge is 2.09. The molecule has 98 valence electrons. The molecule has 0 unspecified atom stereocenters. The van der Waals surface area contributed by atoms with Crippen LogP contribution in [-0.2, 0) is 13.1 Å². The molecule has 0 saturated heterocycles. The zero-order valence-electron chi connectivity index (χ0n) is 10.8. The van der Waals surface area contributed by atoms with Gasteiger partial charge in [-0.05, 0) is 25.0 Å². The van der Waals surface area contributed by atoms with Crippen LogP contribution in [0.2, 0.25) is 0 Å². The van der Waals surface area contributed by atoms with Crippen molar-refractivity contribution in [2.45, 2.75) is 26.4 Å². The average Bonchev–Trinajstić information content (AvgIpc) is 3.00. The van der Waals surface area contributed by atoms with Crippen LogP contribution in [0, 0.1) is 6.92 Å². The van der Waals surface area contributed by atoms with Gasteiger partial charge in [-0.15, -0.1) is 5.10 Å². The molecule has 3 aromatic rings. The highest BCUT2D eigenvalue weighted by atomic mass is 15.4. The van der Waals surface area contributed by atoms with Crippen molar-refractivity contribution in [2.75, 3.05) is 5.73 Å². The monoisotopic (exact) mass is 256 g/mol. The molecule has 0 spiro atoms. The lowest BCUT2D eigenvalue weighted by Gasteiger charge is -2.06. The second-order valence-electron chi connectivity index (χ2n) is 4.58. The lowest BCUT2D eigenvalue weighted by Crippen LogP contribution is -2.07. The van der Waals surface area contributed by atoms with Gasteiger partial charge in [0, 0.05) is 19.3 Å². The van der Waals surface area contributed by atoms with Crippen LogP contribution in [0.25, 0.3) is 11.0 Å². The number of para-hydroxylation sites is 1. The van der Waals surface area contributed by atoms with Crippen LogP contribution in [0.15, 0.2) is 30.6 Å². The fourth-order valence-electron chi connectivity index (χ4n) is 2.28. The molecular formula is C13H16N6. The summed E-state index contributed by atoms with van der Waals surface area (Å²) in [6.45, 7) is 3.70. The summed E-state index contributed by atoms with van der Waals surface area (Å²) in [6, 6.07) is 6.14. The van der Waals surface area contributed by atoms with Crippen molar-refractivity contribution in [3.63, 3.8) is 0 Å². The lowest BCUT2D eigenvalue weighted by molar-refractivity contribution is 0.521. The predicted molar refractivity (Wildman–Crippen MR) is 73.5 cm³/mol. The largest absolute Gasteiger partial charge is 0.369 e. The number of nitrogens with zero attached hydrogens (tertiary/aromatic N) is 5. The SMILES string of the molecule is Cc1cccc2c1nc(N)n2CCCn1ccnn1. The molecule has 6 heteroatoms. The number of imidazole rings is 1. The maximum absolute atomic E-state index is 6.00. The standard InChI is InChI=1S/C13H16N6/c1-10-4-2-5-11-12(10)16-13(14)19(11)8-3-7-18-9-6-15-17-18/h2,4-6,9H,3,7-8H2,1H3,(H2,14,16). The number of nitrogens with two attached hydrogens (primary N) is 1. The molecule has 1 aromatic carbocycles. The normalized spacial score (nSPS) is 11.2. The van der Waals surface area contributed by atoms with Gasteiger partial charge in [0.2, 0.25) is 5.95 Å². The van der Waals surface area contributed by atoms with Crippen LogP contribution in [0.3, 0.4) is 0 Å². The Morgan fingerprint density at radius 2 is 2.16 bits per heavy atom. The maximum atomic E-state index is 6.00. The third-order valence-electron chi connectivity index (χ3n) is 3.25. The summed E-state index contributed by atoms with van der Waals surface area (Å²) in [6.07, 6.45) is 4.48. The summed E-state index contributed by atoms with van der Waals surface area (Å²) in [4.78, 5) is 4.43. The van der Waals surface area contributed by atoms with E-state index in [1.54, 1.807) is 6.20 Å². The first-order valence-corrected chi connectivity index (χ1v) is 6.31. The molecule has 0 fully saturated rings. The van der Waals surface area contributed by atoms with Crippen LogP contribution >= 0.6 is 0 Å². The zero-order valence-corrected chi connectivity index (χ0v) is 10.8. The van der Waals surface area contributed by atoms with Gasteiger partial charge in [-0.2, -0.15) is 0 Å². The Balaban J connectivity index is 1.81. The summed E-state index contributed by atoms with van der Waals surface area (Å²) in [5.41, 5.74) is 9.23. The van der Waals surface area contributed by atoms with E-state index in [2.05, 4.69) is 38.9 Å². The number of aromatic nitrogens is 5. The molecule has 2 heterocycles. The highest BCUT2D eigenvalue weighted by Crippen LogP contribution is 2.21. The lowest BCUT2D eigenvalue weighted by atomic mass is 10.2. The Morgan fingerprint density at radius 3 is 2.95 bits per heavy atom. The molecule has 0 bridgehead atoms. The van der Waals surface area contributed by atoms with E-state index in [-0.39, 0.29) is 0 Å². The Bertz CT molecular complexity index is 683. The molecule has 0 aliphatic rings. The van der Waals surface area contributed by atoms with Gasteiger partial charge in [0.15, 0.2) is 0 Å². The second-order valence-corrected chi connectivity index (χ2v) is 4.58. The first-order chi connectivity index (χ1) is 9.25. The molecule has 0 radical (unpaired) electrons. The Kier molecular flexibility index (Phi) is 2.91. The minimum Gasteiger partial charge on any atom is -0.369 e. The topological polar surface area (TPSA) is 74.5 Å². The smallest absolute Gasteiger partial charge is 0.201 e. The number of fused-ring (bicyclic) bond motifs is 1. The van der Waals surface area contributed by atoms with Gasteiger partial charge in [-0.25, -0.2) is 4.98 Å². The quantitative estimate of drug-likeness (QED) is 0.769. The number of hydrogen-bond acceptors (Lipinski definition) is 4. The van der Waals surface area contributed by atoms with Crippen molar-refractivity contribution in [3.05, 3.63) is 36.2 Å². The number of nitrogen functional groups attached to an aromatic ring is 1. The molecular weight excluding hydrogens is 240 g/mol. The van der Waals surface area contributed by atoms with Crippen LogP contribution in [0.5, 0.6) is 0 Å². The third-order valence-corrected chi connectivity index (χ3v) is 3.25. The molecule has 19 heavy (non-hydrogen) atoms. The Labute approximate surface area is 110 Å². The fraction of sp³-hybridized carbons (Fsp3) is 0.308. The van der Waals surface area contributed by atoms with Gasteiger partial charge in [0.1, 0.15) is 0 Å². The molecule has 3 rings (SSSR count). The third kappa shape index (κ3) is 2.16. The summed E-state index contributed by atoms with van der Waals surface area (Å²) in [5, 5.41) is 7.73. The van der Waals surface area contributed by atoms with Gasteiger partial charge in [-0.3, -0.25) is 4.68 Å². The van der Waals surface area contributed by atoms with Gasteiger partial charge in [0.05, 0.1) is 17.2 Å². The van der Waals surface area contributed by atoms with Crippen molar-refractivity contribution in [1.29, 1.82) is 0 Å². The fourth-order valence-corrected chi connectivity index (χ4v) is 2.28. The first-order valence-electron chi connectivity index (χ1n) is 6.31. The van der Waals surface area contributed by atoms with Crippen LogP contribution in [-0.4, -0.2) is 24.5 Å². The van der Waals surface area contributed by atoms with Crippen molar-refractivity contribution < 1.29 is 0 Å². The van der Waals surface area contributed by atoms with Crippen molar-refractivity contribution in [2.24, 2.45) is 0 Å². The van der Waals surface area contributed by atoms with E-state index in [9.17, 15) is 0 Å². The molecule has 0 amide bonds. The van der Waals surface area contributed by atoms with E-state index >= 15 is 0 Å². The van der Waals surface area contributed by atoms with Crippen molar-refractivity contribution >= 4 is 17.0 Å². The molecule has 6 nitrogen and oxygen atoms in total. The molecule has 0 aliphatic heterocycles. The van der Waals surface area contributed by atoms with Gasteiger partial charge >= 0.3 is 0 Å². The molecule has 0 saturated carbocycles. The number of anilines is 1. The summed E-state index contributed by atoms with van der Waals surface area (Å²) in [7, 11) is 0. The second kappa shape index (κ2) is 4.72. The summed E-state index contributed by atoms with van der Waals surface area (Å²) < 4.78 is 3.87. The van der Waals surface area contributed by atoms with Gasteiger partial charge in [-0.1, -0.05) is 17.3 Å². The van der Waals surface area contributed by atoms with E-state index in [1.807, 2.05) is 16.9 Å². The van der Waals surface area contributed by atoms with E-state index in [0.717, 1.165) is 36.1 Å². The summed E-state index contributed by atoms with van der Waals surface area (Å²) in [5.74, 6) is 0.572. The molecule has 2 aromatic heterocycles. The van der Waals surface area contributed by atoms with Crippen LogP contribution in [0.4, 0.5) is 5.95 Å². The zero-order chi connectivity index (χ0) is 13.2.